The molecule has 1 fully saturated rings. The lowest BCUT2D eigenvalue weighted by Gasteiger charge is -2.28. The summed E-state index contributed by atoms with van der Waals surface area (Å²) in [7, 11) is 0. The molecule has 1 heterocycles. The Hall–Kier alpha value is -0.530. The fourth-order valence-electron chi connectivity index (χ4n) is 2.61. The van der Waals surface area contributed by atoms with Crippen LogP contribution in [0.5, 0.6) is 0 Å². The van der Waals surface area contributed by atoms with E-state index in [1.54, 1.807) is 0 Å². The van der Waals surface area contributed by atoms with Gasteiger partial charge in [0.05, 0.1) is 0 Å². The minimum atomic E-state index is 0.291. The van der Waals surface area contributed by atoms with E-state index in [1.807, 2.05) is 0 Å². The van der Waals surface area contributed by atoms with E-state index in [9.17, 15) is 0 Å². The number of benzene rings is 1. The summed E-state index contributed by atoms with van der Waals surface area (Å²) >= 11 is 6.30. The van der Waals surface area contributed by atoms with Crippen LogP contribution in [0.2, 0.25) is 5.02 Å². The molecule has 1 N–H and O–H groups in total. The largest absolute Gasteiger partial charge is 0.311 e. The van der Waals surface area contributed by atoms with Crippen molar-refractivity contribution in [2.45, 2.75) is 45.1 Å². The van der Waals surface area contributed by atoms with Crippen LogP contribution in [0, 0.1) is 6.92 Å². The molecule has 0 saturated carbocycles. The van der Waals surface area contributed by atoms with Crippen LogP contribution in [0.3, 0.4) is 0 Å². The third-order valence-electron chi connectivity index (χ3n) is 3.75. The molecule has 1 nitrogen and oxygen atoms in total. The van der Waals surface area contributed by atoms with E-state index >= 15 is 0 Å². The van der Waals surface area contributed by atoms with Crippen molar-refractivity contribution in [2.75, 3.05) is 6.54 Å². The van der Waals surface area contributed by atoms with Crippen molar-refractivity contribution in [1.29, 1.82) is 0 Å². The fourth-order valence-corrected chi connectivity index (χ4v) is 2.91. The Morgan fingerprint density at radius 2 is 2.25 bits per heavy atom. The van der Waals surface area contributed by atoms with Crippen LogP contribution in [0.25, 0.3) is 0 Å². The summed E-state index contributed by atoms with van der Waals surface area (Å²) in [5.74, 6) is 0. The van der Waals surface area contributed by atoms with Gasteiger partial charge in [0.1, 0.15) is 0 Å². The SMILES string of the molecule is CCC1(Cc2ccc(C)cc2Cl)CCCN1. The summed E-state index contributed by atoms with van der Waals surface area (Å²) in [6.07, 6.45) is 4.80. The highest BCUT2D eigenvalue weighted by atomic mass is 35.5. The van der Waals surface area contributed by atoms with E-state index in [0.717, 1.165) is 18.0 Å². The Bertz CT molecular complexity index is 367. The Kier molecular flexibility index (Phi) is 3.56. The van der Waals surface area contributed by atoms with Crippen molar-refractivity contribution < 1.29 is 0 Å². The Morgan fingerprint density at radius 1 is 1.44 bits per heavy atom. The van der Waals surface area contributed by atoms with Gasteiger partial charge < -0.3 is 5.32 Å². The third kappa shape index (κ3) is 2.41. The summed E-state index contributed by atoms with van der Waals surface area (Å²) in [4.78, 5) is 0. The first kappa shape index (κ1) is 11.9. The van der Waals surface area contributed by atoms with Gasteiger partial charge in [-0.3, -0.25) is 0 Å². The van der Waals surface area contributed by atoms with Crippen molar-refractivity contribution in [1.82, 2.24) is 5.32 Å². The zero-order valence-corrected chi connectivity index (χ0v) is 10.9. The molecule has 0 radical (unpaired) electrons. The molecule has 2 rings (SSSR count). The summed E-state index contributed by atoms with van der Waals surface area (Å²) in [6.45, 7) is 5.50. The van der Waals surface area contributed by atoms with Crippen molar-refractivity contribution in [2.24, 2.45) is 0 Å². The van der Waals surface area contributed by atoms with Crippen LogP contribution >= 0.6 is 11.6 Å². The molecule has 0 amide bonds. The van der Waals surface area contributed by atoms with Gasteiger partial charge in [-0.15, -0.1) is 0 Å². The predicted molar refractivity (Wildman–Crippen MR) is 70.2 cm³/mol. The highest BCUT2D eigenvalue weighted by Crippen LogP contribution is 2.30. The molecule has 1 aliphatic heterocycles. The van der Waals surface area contributed by atoms with Crippen LogP contribution in [0.15, 0.2) is 18.2 Å². The van der Waals surface area contributed by atoms with Gasteiger partial charge in [-0.1, -0.05) is 30.7 Å². The molecule has 0 aromatic heterocycles. The monoisotopic (exact) mass is 237 g/mol. The zero-order valence-electron chi connectivity index (χ0n) is 10.1. The van der Waals surface area contributed by atoms with Crippen molar-refractivity contribution in [3.8, 4) is 0 Å². The normalized spacial score (nSPS) is 24.9. The average Bonchev–Trinajstić information content (AvgIpc) is 2.72. The number of hydrogen-bond acceptors (Lipinski definition) is 1. The molecule has 88 valence electrons. The van der Waals surface area contributed by atoms with E-state index in [4.69, 9.17) is 11.6 Å². The molecule has 1 aromatic carbocycles. The Balaban J connectivity index is 2.19. The topological polar surface area (TPSA) is 12.0 Å². The van der Waals surface area contributed by atoms with Crippen molar-refractivity contribution in [3.63, 3.8) is 0 Å². The van der Waals surface area contributed by atoms with Gasteiger partial charge in [0.25, 0.3) is 0 Å². The summed E-state index contributed by atoms with van der Waals surface area (Å²) in [5, 5.41) is 4.57. The van der Waals surface area contributed by atoms with Gasteiger partial charge in [-0.2, -0.15) is 0 Å². The van der Waals surface area contributed by atoms with Gasteiger partial charge in [-0.05, 0) is 56.3 Å². The van der Waals surface area contributed by atoms with Gasteiger partial charge in [0.2, 0.25) is 0 Å². The van der Waals surface area contributed by atoms with Crippen LogP contribution in [-0.2, 0) is 6.42 Å². The molecule has 1 aliphatic rings. The second kappa shape index (κ2) is 4.77. The standard InChI is InChI=1S/C14H20ClN/c1-3-14(7-4-8-16-14)10-12-6-5-11(2)9-13(12)15/h5-6,9,16H,3-4,7-8,10H2,1-2H3. The van der Waals surface area contributed by atoms with Gasteiger partial charge in [0, 0.05) is 10.6 Å². The van der Waals surface area contributed by atoms with Gasteiger partial charge >= 0.3 is 0 Å². The number of rotatable bonds is 3. The van der Waals surface area contributed by atoms with E-state index in [1.165, 1.54) is 30.4 Å². The van der Waals surface area contributed by atoms with Crippen LogP contribution in [-0.4, -0.2) is 12.1 Å². The summed E-state index contributed by atoms with van der Waals surface area (Å²) in [5.41, 5.74) is 2.81. The number of aryl methyl sites for hydroxylation is 1. The molecule has 0 aliphatic carbocycles. The van der Waals surface area contributed by atoms with Crippen LogP contribution < -0.4 is 5.32 Å². The molecule has 0 spiro atoms. The zero-order chi connectivity index (χ0) is 11.6. The first-order chi connectivity index (χ1) is 7.65. The summed E-state index contributed by atoms with van der Waals surface area (Å²) in [6, 6.07) is 6.39. The molecular weight excluding hydrogens is 218 g/mol. The lowest BCUT2D eigenvalue weighted by Crippen LogP contribution is -2.41. The van der Waals surface area contributed by atoms with E-state index in [0.29, 0.717) is 5.54 Å². The summed E-state index contributed by atoms with van der Waals surface area (Å²) < 4.78 is 0. The Labute approximate surface area is 103 Å². The molecule has 1 unspecified atom stereocenters. The van der Waals surface area contributed by atoms with E-state index in [-0.39, 0.29) is 0 Å². The van der Waals surface area contributed by atoms with Crippen molar-refractivity contribution >= 4 is 11.6 Å². The maximum atomic E-state index is 6.30. The maximum absolute atomic E-state index is 6.30. The molecule has 0 bridgehead atoms. The molecule has 1 aromatic rings. The molecule has 1 saturated heterocycles. The van der Waals surface area contributed by atoms with Crippen LogP contribution in [0.1, 0.15) is 37.3 Å². The van der Waals surface area contributed by atoms with Crippen LogP contribution in [0.4, 0.5) is 0 Å². The third-order valence-corrected chi connectivity index (χ3v) is 4.10. The van der Waals surface area contributed by atoms with E-state index < -0.39 is 0 Å². The maximum Gasteiger partial charge on any atom is 0.0441 e. The van der Waals surface area contributed by atoms with Gasteiger partial charge in [0.15, 0.2) is 0 Å². The highest BCUT2D eigenvalue weighted by Gasteiger charge is 2.31. The van der Waals surface area contributed by atoms with E-state index in [2.05, 4.69) is 37.4 Å². The number of halogens is 1. The second-order valence-corrected chi connectivity index (χ2v) is 5.34. The first-order valence-electron chi connectivity index (χ1n) is 6.15. The highest BCUT2D eigenvalue weighted by molar-refractivity contribution is 6.31. The second-order valence-electron chi connectivity index (χ2n) is 4.94. The molecular formula is C14H20ClN. The lowest BCUT2D eigenvalue weighted by molar-refractivity contribution is 0.360. The van der Waals surface area contributed by atoms with Crippen molar-refractivity contribution in [3.05, 3.63) is 34.3 Å². The molecule has 16 heavy (non-hydrogen) atoms. The fraction of sp³-hybridized carbons (Fsp3) is 0.571. The Morgan fingerprint density at radius 3 is 2.81 bits per heavy atom. The van der Waals surface area contributed by atoms with Gasteiger partial charge in [-0.25, -0.2) is 0 Å². The smallest absolute Gasteiger partial charge is 0.0441 e. The lowest BCUT2D eigenvalue weighted by atomic mass is 9.86. The average molecular weight is 238 g/mol. The number of hydrogen-bond donors (Lipinski definition) is 1. The molecule has 1 atom stereocenters. The minimum absolute atomic E-state index is 0.291. The number of nitrogens with one attached hydrogen (secondary N) is 1. The quantitative estimate of drug-likeness (QED) is 0.845. The minimum Gasteiger partial charge on any atom is -0.311 e. The molecule has 2 heteroatoms. The predicted octanol–water partition coefficient (Wildman–Crippen LogP) is 3.72. The first-order valence-corrected chi connectivity index (χ1v) is 6.53.